The van der Waals surface area contributed by atoms with Crippen molar-refractivity contribution in [2.75, 3.05) is 19.6 Å². The van der Waals surface area contributed by atoms with Crippen molar-refractivity contribution in [3.05, 3.63) is 41.2 Å². The van der Waals surface area contributed by atoms with Gasteiger partial charge >= 0.3 is 0 Å². The third-order valence-electron chi connectivity index (χ3n) is 6.30. The molecule has 3 saturated heterocycles. The first-order chi connectivity index (χ1) is 13.7. The molecule has 0 radical (unpaired) electrons. The summed E-state index contributed by atoms with van der Waals surface area (Å²) >= 11 is 0. The smallest absolute Gasteiger partial charge is 0.274 e. The number of piperidine rings is 1. The maximum Gasteiger partial charge on any atom is 0.274 e. The van der Waals surface area contributed by atoms with Crippen LogP contribution >= 0.6 is 0 Å². The number of amides is 2. The summed E-state index contributed by atoms with van der Waals surface area (Å²) in [5.74, 6) is 0.206. The van der Waals surface area contributed by atoms with E-state index in [0.717, 1.165) is 49.8 Å². The quantitative estimate of drug-likeness (QED) is 0.851. The number of aromatic nitrogens is 4. The normalized spacial score (nSPS) is 24.0. The third-order valence-corrected chi connectivity index (χ3v) is 6.30. The molecule has 1 N–H and O–H groups in total. The lowest BCUT2D eigenvalue weighted by molar-refractivity contribution is 0.0567. The van der Waals surface area contributed by atoms with Gasteiger partial charge in [-0.05, 0) is 44.4 Å². The lowest BCUT2D eigenvalue weighted by atomic mass is 9.92. The van der Waals surface area contributed by atoms with Gasteiger partial charge in [0.1, 0.15) is 5.69 Å². The van der Waals surface area contributed by atoms with Gasteiger partial charge in [0.05, 0.1) is 6.20 Å². The van der Waals surface area contributed by atoms with Crippen molar-refractivity contribution < 1.29 is 9.59 Å². The Morgan fingerprint density at radius 1 is 1.04 bits per heavy atom. The van der Waals surface area contributed by atoms with Crippen molar-refractivity contribution >= 4 is 11.8 Å². The average molecular weight is 380 g/mol. The van der Waals surface area contributed by atoms with Gasteiger partial charge in [-0.25, -0.2) is 4.98 Å². The summed E-state index contributed by atoms with van der Waals surface area (Å²) in [6.45, 7) is 1.90. The summed E-state index contributed by atoms with van der Waals surface area (Å²) in [6, 6.07) is 0.0304. The highest BCUT2D eigenvalue weighted by molar-refractivity contribution is 5.95. The first-order valence-corrected chi connectivity index (χ1v) is 10.1. The number of carbonyl (C=O) groups is 2. The van der Waals surface area contributed by atoms with E-state index in [1.807, 2.05) is 9.80 Å². The molecule has 6 rings (SSSR count). The van der Waals surface area contributed by atoms with Crippen molar-refractivity contribution in [2.45, 2.75) is 44.6 Å². The molecule has 8 heteroatoms. The van der Waals surface area contributed by atoms with E-state index in [4.69, 9.17) is 0 Å². The molecule has 2 aromatic heterocycles. The van der Waals surface area contributed by atoms with E-state index in [1.54, 1.807) is 6.20 Å². The molecule has 2 atom stereocenters. The third kappa shape index (κ3) is 2.96. The second kappa shape index (κ2) is 7.00. The standard InChI is InChI=1S/C20H24N6O2/c27-19(17-9-21-7-8-22-17)25-10-13-5-6-14(12-25)26(11-13)20(28)18-15-3-1-2-4-16(15)23-24-18/h7-9,13-14H,1-6,10-12H2,(H,23,24)/t13-,14+/m0/s1. The van der Waals surface area contributed by atoms with Crippen LogP contribution in [0.1, 0.15) is 57.9 Å². The number of carbonyl (C=O) groups excluding carboxylic acids is 2. The Kier molecular flexibility index (Phi) is 4.33. The monoisotopic (exact) mass is 380 g/mol. The summed E-state index contributed by atoms with van der Waals surface area (Å²) < 4.78 is 0. The van der Waals surface area contributed by atoms with Crippen molar-refractivity contribution in [3.8, 4) is 0 Å². The summed E-state index contributed by atoms with van der Waals surface area (Å²) in [6.07, 6.45) is 10.7. The van der Waals surface area contributed by atoms with Crippen LogP contribution in [0.15, 0.2) is 18.6 Å². The van der Waals surface area contributed by atoms with Gasteiger partial charge in [-0.15, -0.1) is 0 Å². The molecule has 28 heavy (non-hydrogen) atoms. The van der Waals surface area contributed by atoms with Gasteiger partial charge in [0, 0.05) is 49.3 Å². The van der Waals surface area contributed by atoms with Gasteiger partial charge in [-0.1, -0.05) is 0 Å². The number of aryl methyl sites for hydroxylation is 1. The van der Waals surface area contributed by atoms with E-state index in [2.05, 4.69) is 20.2 Å². The van der Waals surface area contributed by atoms with Crippen LogP contribution in [0.4, 0.5) is 0 Å². The summed E-state index contributed by atoms with van der Waals surface area (Å²) in [5.41, 5.74) is 3.18. The van der Waals surface area contributed by atoms with E-state index in [0.29, 0.717) is 31.0 Å². The number of hydrogen-bond donors (Lipinski definition) is 1. The fraction of sp³-hybridized carbons (Fsp3) is 0.550. The number of nitrogens with one attached hydrogen (secondary N) is 1. The van der Waals surface area contributed by atoms with Crippen LogP contribution < -0.4 is 0 Å². The number of hydrogen-bond acceptors (Lipinski definition) is 5. The largest absolute Gasteiger partial charge is 0.335 e. The summed E-state index contributed by atoms with van der Waals surface area (Å²) in [5, 5.41) is 7.45. The number of aromatic amines is 1. The van der Waals surface area contributed by atoms with Crippen molar-refractivity contribution in [2.24, 2.45) is 5.92 Å². The lowest BCUT2D eigenvalue weighted by Crippen LogP contribution is -2.48. The fourth-order valence-electron chi connectivity index (χ4n) is 4.86. The first kappa shape index (κ1) is 17.3. The van der Waals surface area contributed by atoms with Crippen LogP contribution in [0.3, 0.4) is 0 Å². The van der Waals surface area contributed by atoms with Crippen molar-refractivity contribution in [1.29, 1.82) is 0 Å². The predicted octanol–water partition coefficient (Wildman–Crippen LogP) is 1.46. The Labute approximate surface area is 163 Å². The Bertz CT molecular complexity index is 895. The highest BCUT2D eigenvalue weighted by Crippen LogP contribution is 2.31. The molecule has 2 aromatic rings. The molecule has 3 aliphatic heterocycles. The van der Waals surface area contributed by atoms with E-state index >= 15 is 0 Å². The van der Waals surface area contributed by atoms with E-state index in [1.165, 1.54) is 12.4 Å². The minimum Gasteiger partial charge on any atom is -0.335 e. The molecular weight excluding hydrogens is 356 g/mol. The Morgan fingerprint density at radius 2 is 1.93 bits per heavy atom. The van der Waals surface area contributed by atoms with Gasteiger partial charge in [0.2, 0.25) is 0 Å². The average Bonchev–Trinajstić information content (AvgIpc) is 2.95. The van der Waals surface area contributed by atoms with E-state index in [-0.39, 0.29) is 23.8 Å². The Hall–Kier alpha value is -2.77. The van der Waals surface area contributed by atoms with Crippen LogP contribution in [0, 0.1) is 5.92 Å². The fourth-order valence-corrected chi connectivity index (χ4v) is 4.86. The molecule has 3 fully saturated rings. The topological polar surface area (TPSA) is 95.1 Å². The molecule has 0 aromatic carbocycles. The van der Waals surface area contributed by atoms with Gasteiger partial charge in [0.25, 0.3) is 11.8 Å². The molecule has 1 aliphatic carbocycles. The molecule has 8 nitrogen and oxygen atoms in total. The van der Waals surface area contributed by atoms with Crippen LogP contribution in [0.5, 0.6) is 0 Å². The molecule has 0 saturated carbocycles. The maximum atomic E-state index is 13.3. The zero-order valence-electron chi connectivity index (χ0n) is 15.8. The molecule has 0 spiro atoms. The van der Waals surface area contributed by atoms with E-state index < -0.39 is 0 Å². The minimum absolute atomic E-state index is 0.0166. The van der Waals surface area contributed by atoms with Crippen molar-refractivity contribution in [3.63, 3.8) is 0 Å². The zero-order chi connectivity index (χ0) is 19.1. The molecule has 4 aliphatic rings. The minimum atomic E-state index is -0.101. The van der Waals surface area contributed by atoms with Gasteiger partial charge in [-0.3, -0.25) is 19.7 Å². The van der Waals surface area contributed by atoms with Crippen LogP contribution in [0.25, 0.3) is 0 Å². The number of H-pyrrole nitrogens is 1. The Balaban J connectivity index is 1.38. The van der Waals surface area contributed by atoms with Gasteiger partial charge in [0.15, 0.2) is 5.69 Å². The van der Waals surface area contributed by atoms with Gasteiger partial charge < -0.3 is 9.80 Å². The highest BCUT2D eigenvalue weighted by Gasteiger charge is 2.40. The summed E-state index contributed by atoms with van der Waals surface area (Å²) in [4.78, 5) is 38.2. The number of nitrogens with zero attached hydrogens (tertiary/aromatic N) is 5. The molecule has 146 valence electrons. The van der Waals surface area contributed by atoms with E-state index in [9.17, 15) is 9.59 Å². The second-order valence-corrected chi connectivity index (χ2v) is 8.09. The first-order valence-electron chi connectivity index (χ1n) is 10.1. The zero-order valence-corrected chi connectivity index (χ0v) is 15.8. The van der Waals surface area contributed by atoms with Crippen LogP contribution in [-0.4, -0.2) is 67.5 Å². The maximum absolute atomic E-state index is 13.3. The predicted molar refractivity (Wildman–Crippen MR) is 101 cm³/mol. The highest BCUT2D eigenvalue weighted by atomic mass is 16.2. The van der Waals surface area contributed by atoms with Gasteiger partial charge in [-0.2, -0.15) is 5.10 Å². The Morgan fingerprint density at radius 3 is 2.79 bits per heavy atom. The lowest BCUT2D eigenvalue weighted by Gasteiger charge is -2.35. The molecule has 0 unspecified atom stereocenters. The molecule has 5 heterocycles. The summed E-state index contributed by atoms with van der Waals surface area (Å²) in [7, 11) is 0. The number of rotatable bonds is 2. The second-order valence-electron chi connectivity index (χ2n) is 8.09. The van der Waals surface area contributed by atoms with Crippen molar-refractivity contribution in [1.82, 2.24) is 30.0 Å². The SMILES string of the molecule is O=C(c1cnccn1)N1C[C@@H]2CC[C@H](C1)N(C(=O)c1n[nH]c3c1CCCC3)C2. The molecule has 2 bridgehead atoms. The molecular formula is C20H24N6O2. The van der Waals surface area contributed by atoms with Crippen LogP contribution in [0.2, 0.25) is 0 Å². The number of fused-ring (bicyclic) bond motifs is 5. The van der Waals surface area contributed by atoms with Crippen LogP contribution in [-0.2, 0) is 12.8 Å². The molecule has 2 amide bonds.